The van der Waals surface area contributed by atoms with E-state index in [0.29, 0.717) is 37.2 Å². The molecule has 3 rings (SSSR count). The minimum atomic E-state index is -4.88. The first kappa shape index (κ1) is 23.3. The van der Waals surface area contributed by atoms with Crippen molar-refractivity contribution in [2.45, 2.75) is 43.2 Å². The molecule has 0 aliphatic carbocycles. The summed E-state index contributed by atoms with van der Waals surface area (Å²) in [5, 5.41) is 9.71. The van der Waals surface area contributed by atoms with Crippen LogP contribution >= 0.6 is 0 Å². The Hall–Kier alpha value is -2.37. The zero-order chi connectivity index (χ0) is 22.8. The Bertz CT molecular complexity index is 1000. The van der Waals surface area contributed by atoms with Gasteiger partial charge in [-0.3, -0.25) is 0 Å². The lowest BCUT2D eigenvalue weighted by atomic mass is 10.0. The van der Waals surface area contributed by atoms with Crippen LogP contribution in [-0.4, -0.2) is 39.1 Å². The maximum atomic E-state index is 13.9. The molecule has 170 valence electrons. The van der Waals surface area contributed by atoms with Crippen molar-refractivity contribution in [3.05, 3.63) is 53.8 Å². The van der Waals surface area contributed by atoms with Gasteiger partial charge in [0.2, 0.25) is 10.0 Å². The Balaban J connectivity index is 1.80. The third kappa shape index (κ3) is 6.08. The highest BCUT2D eigenvalue weighted by Crippen LogP contribution is 2.31. The second-order valence-corrected chi connectivity index (χ2v) is 9.00. The fourth-order valence-electron chi connectivity index (χ4n) is 3.45. The van der Waals surface area contributed by atoms with Crippen LogP contribution in [0.1, 0.15) is 31.4 Å². The lowest BCUT2D eigenvalue weighted by Crippen LogP contribution is -2.37. The zero-order valence-corrected chi connectivity index (χ0v) is 17.4. The van der Waals surface area contributed by atoms with E-state index in [4.69, 9.17) is 0 Å². The fraction of sp³-hybridized carbons (Fsp3) is 0.400. The number of hydrogen-bond acceptors (Lipinski definition) is 5. The topological polar surface area (TPSA) is 78.9 Å². The molecule has 1 atom stereocenters. The molecule has 2 aromatic carbocycles. The SMILES string of the molecule is CC(NS(=O)(=O)c1ccc(OC(F)(F)F)cc1)c1cc(F)ccc1N1CCC(O)CC1. The minimum Gasteiger partial charge on any atom is -0.406 e. The second-order valence-electron chi connectivity index (χ2n) is 7.28. The van der Waals surface area contributed by atoms with Gasteiger partial charge in [-0.15, -0.1) is 13.2 Å². The van der Waals surface area contributed by atoms with Gasteiger partial charge in [-0.2, -0.15) is 0 Å². The highest BCUT2D eigenvalue weighted by Gasteiger charge is 2.31. The summed E-state index contributed by atoms with van der Waals surface area (Å²) in [5.41, 5.74) is 1.06. The van der Waals surface area contributed by atoms with E-state index in [2.05, 4.69) is 9.46 Å². The first-order chi connectivity index (χ1) is 14.4. The number of nitrogens with one attached hydrogen (secondary N) is 1. The second kappa shape index (κ2) is 9.01. The van der Waals surface area contributed by atoms with Gasteiger partial charge < -0.3 is 14.7 Å². The molecule has 0 saturated carbocycles. The van der Waals surface area contributed by atoms with Gasteiger partial charge in [0.25, 0.3) is 0 Å². The number of piperidine rings is 1. The summed E-state index contributed by atoms with van der Waals surface area (Å²) in [4.78, 5) is 1.70. The van der Waals surface area contributed by atoms with Gasteiger partial charge in [0.15, 0.2) is 0 Å². The molecule has 0 aromatic heterocycles. The molecular formula is C20H22F4N2O4S. The molecule has 0 amide bonds. The fourth-order valence-corrected chi connectivity index (χ4v) is 4.67. The van der Waals surface area contributed by atoms with Crippen molar-refractivity contribution in [3.8, 4) is 5.75 Å². The molecule has 31 heavy (non-hydrogen) atoms. The van der Waals surface area contributed by atoms with E-state index in [1.165, 1.54) is 12.1 Å². The molecule has 0 radical (unpaired) electrons. The van der Waals surface area contributed by atoms with Gasteiger partial charge in [0, 0.05) is 24.8 Å². The average Bonchev–Trinajstić information content (AvgIpc) is 2.67. The Morgan fingerprint density at radius 1 is 1.13 bits per heavy atom. The van der Waals surface area contributed by atoms with Crippen molar-refractivity contribution < 1.29 is 35.8 Å². The summed E-state index contributed by atoms with van der Waals surface area (Å²) in [6, 6.07) is 7.06. The van der Waals surface area contributed by atoms with Gasteiger partial charge in [-0.05, 0) is 67.8 Å². The average molecular weight is 462 g/mol. The number of halogens is 4. The van der Waals surface area contributed by atoms with Crippen molar-refractivity contribution in [1.82, 2.24) is 4.72 Å². The van der Waals surface area contributed by atoms with E-state index in [0.717, 1.165) is 24.3 Å². The summed E-state index contributed by atoms with van der Waals surface area (Å²) in [5.74, 6) is -1.07. The van der Waals surface area contributed by atoms with E-state index in [9.17, 15) is 31.1 Å². The number of alkyl halides is 3. The van der Waals surface area contributed by atoms with Crippen molar-refractivity contribution in [1.29, 1.82) is 0 Å². The van der Waals surface area contributed by atoms with Crippen LogP contribution in [-0.2, 0) is 10.0 Å². The normalized spacial score (nSPS) is 16.9. The highest BCUT2D eigenvalue weighted by molar-refractivity contribution is 7.89. The van der Waals surface area contributed by atoms with Crippen molar-refractivity contribution in [2.24, 2.45) is 0 Å². The lowest BCUT2D eigenvalue weighted by molar-refractivity contribution is -0.274. The first-order valence-corrected chi connectivity index (χ1v) is 11.0. The predicted molar refractivity (Wildman–Crippen MR) is 106 cm³/mol. The molecule has 1 saturated heterocycles. The number of sulfonamides is 1. The predicted octanol–water partition coefficient (Wildman–Crippen LogP) is 3.72. The van der Waals surface area contributed by atoms with Crippen LogP contribution in [0.4, 0.5) is 23.2 Å². The number of anilines is 1. The molecule has 1 aliphatic rings. The Morgan fingerprint density at radius 3 is 2.32 bits per heavy atom. The van der Waals surface area contributed by atoms with Gasteiger partial charge >= 0.3 is 6.36 Å². The monoisotopic (exact) mass is 462 g/mol. The van der Waals surface area contributed by atoms with Crippen LogP contribution < -0.4 is 14.4 Å². The molecule has 2 N–H and O–H groups in total. The van der Waals surface area contributed by atoms with E-state index in [1.807, 2.05) is 4.90 Å². The summed E-state index contributed by atoms with van der Waals surface area (Å²) < 4.78 is 82.4. The number of aliphatic hydroxyl groups is 1. The summed E-state index contributed by atoms with van der Waals surface area (Å²) >= 11 is 0. The molecular weight excluding hydrogens is 440 g/mol. The number of aliphatic hydroxyl groups excluding tert-OH is 1. The quantitative estimate of drug-likeness (QED) is 0.640. The first-order valence-electron chi connectivity index (χ1n) is 9.55. The van der Waals surface area contributed by atoms with Crippen LogP contribution in [0.2, 0.25) is 0 Å². The molecule has 0 spiro atoms. The maximum Gasteiger partial charge on any atom is 0.573 e. The smallest absolute Gasteiger partial charge is 0.406 e. The summed E-state index contributed by atoms with van der Waals surface area (Å²) in [6.07, 6.45) is -4.20. The maximum absolute atomic E-state index is 13.9. The highest BCUT2D eigenvalue weighted by atomic mass is 32.2. The molecule has 11 heteroatoms. The van der Waals surface area contributed by atoms with Crippen molar-refractivity contribution in [2.75, 3.05) is 18.0 Å². The van der Waals surface area contributed by atoms with E-state index >= 15 is 0 Å². The standard InChI is InChI=1S/C20H22F4N2O4S/c1-13(18-12-14(21)2-7-19(18)26-10-8-15(27)9-11-26)25-31(28,29)17-5-3-16(4-6-17)30-20(22,23)24/h2-7,12-13,15,25,27H,8-11H2,1H3. The molecule has 0 bridgehead atoms. The number of benzene rings is 2. The van der Waals surface area contributed by atoms with Gasteiger partial charge in [0.05, 0.1) is 11.0 Å². The lowest BCUT2D eigenvalue weighted by Gasteiger charge is -2.34. The van der Waals surface area contributed by atoms with Gasteiger partial charge in [0.1, 0.15) is 11.6 Å². The van der Waals surface area contributed by atoms with Gasteiger partial charge in [-0.1, -0.05) is 0 Å². The van der Waals surface area contributed by atoms with Crippen LogP contribution in [0.25, 0.3) is 0 Å². The Labute approximate surface area is 177 Å². The molecule has 1 aliphatic heterocycles. The Kier molecular flexibility index (Phi) is 6.77. The van der Waals surface area contributed by atoms with Crippen LogP contribution in [0.5, 0.6) is 5.75 Å². The van der Waals surface area contributed by atoms with Crippen LogP contribution in [0, 0.1) is 5.82 Å². The number of rotatable bonds is 6. The number of ether oxygens (including phenoxy) is 1. The molecule has 2 aromatic rings. The van der Waals surface area contributed by atoms with Crippen molar-refractivity contribution in [3.63, 3.8) is 0 Å². The minimum absolute atomic E-state index is 0.257. The number of nitrogens with zero attached hydrogens (tertiary/aromatic N) is 1. The van der Waals surface area contributed by atoms with Gasteiger partial charge in [-0.25, -0.2) is 17.5 Å². The van der Waals surface area contributed by atoms with Crippen molar-refractivity contribution >= 4 is 15.7 Å². The van der Waals surface area contributed by atoms with E-state index in [-0.39, 0.29) is 4.90 Å². The summed E-state index contributed by atoms with van der Waals surface area (Å²) in [7, 11) is -4.10. The Morgan fingerprint density at radius 2 is 1.74 bits per heavy atom. The molecule has 6 nitrogen and oxygen atoms in total. The number of hydrogen-bond donors (Lipinski definition) is 2. The zero-order valence-electron chi connectivity index (χ0n) is 16.6. The van der Waals surface area contributed by atoms with E-state index < -0.39 is 40.1 Å². The van der Waals surface area contributed by atoms with Crippen LogP contribution in [0.3, 0.4) is 0 Å². The molecule has 1 fully saturated rings. The third-order valence-corrected chi connectivity index (χ3v) is 6.52. The van der Waals surface area contributed by atoms with E-state index in [1.54, 1.807) is 13.0 Å². The summed E-state index contributed by atoms with van der Waals surface area (Å²) in [6.45, 7) is 2.63. The van der Waals surface area contributed by atoms with Crippen LogP contribution in [0.15, 0.2) is 47.4 Å². The molecule has 1 unspecified atom stereocenters. The third-order valence-electron chi connectivity index (χ3n) is 4.96. The molecule has 1 heterocycles. The largest absolute Gasteiger partial charge is 0.573 e.